The van der Waals surface area contributed by atoms with Crippen LogP contribution in [-0.4, -0.2) is 58.3 Å². The third-order valence-corrected chi connectivity index (χ3v) is 7.71. The Morgan fingerprint density at radius 3 is 2.50 bits per heavy atom. The highest BCUT2D eigenvalue weighted by molar-refractivity contribution is 5.98. The average molecular weight is 458 g/mol. The zero-order valence-corrected chi connectivity index (χ0v) is 19.1. The van der Waals surface area contributed by atoms with Crippen molar-refractivity contribution in [2.75, 3.05) is 13.7 Å². The van der Waals surface area contributed by atoms with E-state index < -0.39 is 18.1 Å². The second-order valence-electron chi connectivity index (χ2n) is 9.50. The number of hydrogen-bond acceptors (Lipinski definition) is 4. The smallest absolute Gasteiger partial charge is 0.337 e. The van der Waals surface area contributed by atoms with Gasteiger partial charge in [-0.3, -0.25) is 9.59 Å². The number of aromatic amines is 1. The first-order chi connectivity index (χ1) is 16.6. The third-order valence-electron chi connectivity index (χ3n) is 7.71. The SMILES string of the molecule is COC(=O)c1ccc([C@H]2c3[nH]c4ccccc4c3C[C@H]3C(=O)N(C4CCCC4)CC(=O)N23)cc1. The Hall–Kier alpha value is -3.61. The first-order valence-corrected chi connectivity index (χ1v) is 12.0. The fraction of sp³-hybridized carbons (Fsp3) is 0.370. The molecule has 7 nitrogen and oxygen atoms in total. The number of nitrogens with one attached hydrogen (secondary N) is 1. The number of H-pyrrole nitrogens is 1. The van der Waals surface area contributed by atoms with E-state index in [4.69, 9.17) is 4.74 Å². The lowest BCUT2D eigenvalue weighted by atomic mass is 9.85. The molecule has 7 heteroatoms. The van der Waals surface area contributed by atoms with E-state index in [-0.39, 0.29) is 24.4 Å². The molecule has 0 radical (unpaired) electrons. The molecule has 2 aromatic carbocycles. The molecule has 0 unspecified atom stereocenters. The van der Waals surface area contributed by atoms with Crippen LogP contribution in [0, 0.1) is 0 Å². The van der Waals surface area contributed by atoms with Crippen LogP contribution in [0.25, 0.3) is 10.9 Å². The van der Waals surface area contributed by atoms with Gasteiger partial charge in [0.2, 0.25) is 11.8 Å². The molecular weight excluding hydrogens is 430 g/mol. The predicted molar refractivity (Wildman–Crippen MR) is 126 cm³/mol. The monoisotopic (exact) mass is 457 g/mol. The van der Waals surface area contributed by atoms with E-state index in [2.05, 4.69) is 11.1 Å². The minimum absolute atomic E-state index is 0.0251. The molecule has 6 rings (SSSR count). The zero-order chi connectivity index (χ0) is 23.4. The molecule has 1 saturated carbocycles. The Morgan fingerprint density at radius 2 is 1.76 bits per heavy atom. The van der Waals surface area contributed by atoms with E-state index in [1.54, 1.807) is 17.0 Å². The van der Waals surface area contributed by atoms with Crippen LogP contribution < -0.4 is 0 Å². The van der Waals surface area contributed by atoms with Gasteiger partial charge in [-0.2, -0.15) is 0 Å². The molecule has 1 aliphatic carbocycles. The summed E-state index contributed by atoms with van der Waals surface area (Å²) in [5, 5.41) is 1.09. The number of esters is 1. The second kappa shape index (κ2) is 8.01. The molecular formula is C27H27N3O4. The normalized spacial score (nSPS) is 22.7. The molecule has 2 aliphatic heterocycles. The molecule has 2 amide bonds. The average Bonchev–Trinajstić information content (AvgIpc) is 3.53. The number of carbonyl (C=O) groups excluding carboxylic acids is 3. The van der Waals surface area contributed by atoms with E-state index in [0.29, 0.717) is 12.0 Å². The number of methoxy groups -OCH3 is 1. The molecule has 2 atom stereocenters. The number of rotatable bonds is 3. The van der Waals surface area contributed by atoms with Crippen LogP contribution in [-0.2, 0) is 20.7 Å². The molecule has 1 saturated heterocycles. The Labute approximate surface area is 197 Å². The summed E-state index contributed by atoms with van der Waals surface area (Å²) in [6, 6.07) is 14.4. The number of fused-ring (bicyclic) bond motifs is 4. The summed E-state index contributed by atoms with van der Waals surface area (Å²) < 4.78 is 4.84. The molecule has 174 valence electrons. The maximum absolute atomic E-state index is 13.8. The minimum Gasteiger partial charge on any atom is -0.465 e. The number of amides is 2. The van der Waals surface area contributed by atoms with Crippen molar-refractivity contribution >= 4 is 28.7 Å². The number of carbonyl (C=O) groups is 3. The van der Waals surface area contributed by atoms with Crippen molar-refractivity contribution in [3.63, 3.8) is 0 Å². The standard InChI is InChI=1S/C27H27N3O4/c1-34-27(33)17-12-10-16(11-13-17)25-24-20(19-8-4-5-9-21(19)28-24)14-22-26(32)29(15-23(31)30(22)25)18-6-2-3-7-18/h4-5,8-13,18,22,25,28H,2-3,6-7,14-15H2,1H3/t22-,25-/m0/s1. The lowest BCUT2D eigenvalue weighted by Crippen LogP contribution is -2.64. The fourth-order valence-electron chi connectivity index (χ4n) is 6.08. The Balaban J connectivity index is 1.47. The van der Waals surface area contributed by atoms with Gasteiger partial charge in [0.25, 0.3) is 0 Å². The first-order valence-electron chi connectivity index (χ1n) is 12.0. The zero-order valence-electron chi connectivity index (χ0n) is 19.1. The van der Waals surface area contributed by atoms with Crippen LogP contribution in [0.1, 0.15) is 58.9 Å². The van der Waals surface area contributed by atoms with Gasteiger partial charge >= 0.3 is 5.97 Å². The summed E-state index contributed by atoms with van der Waals surface area (Å²) in [4.78, 5) is 46.5. The Morgan fingerprint density at radius 1 is 1.03 bits per heavy atom. The Bertz CT molecular complexity index is 1290. The maximum atomic E-state index is 13.8. The van der Waals surface area contributed by atoms with Crippen molar-refractivity contribution in [3.05, 3.63) is 70.9 Å². The number of aromatic nitrogens is 1. The van der Waals surface area contributed by atoms with E-state index in [9.17, 15) is 14.4 Å². The van der Waals surface area contributed by atoms with Gasteiger partial charge in [-0.25, -0.2) is 4.79 Å². The van der Waals surface area contributed by atoms with Gasteiger partial charge in [0.1, 0.15) is 12.6 Å². The van der Waals surface area contributed by atoms with E-state index in [1.165, 1.54) is 7.11 Å². The molecule has 2 fully saturated rings. The van der Waals surface area contributed by atoms with Gasteiger partial charge in [-0.05, 0) is 42.2 Å². The number of hydrogen-bond donors (Lipinski definition) is 1. The van der Waals surface area contributed by atoms with Crippen molar-refractivity contribution in [1.82, 2.24) is 14.8 Å². The van der Waals surface area contributed by atoms with Crippen molar-refractivity contribution in [2.45, 2.75) is 50.2 Å². The Kier molecular flexibility index (Phi) is 4.94. The van der Waals surface area contributed by atoms with Crippen LogP contribution in [0.15, 0.2) is 48.5 Å². The lowest BCUT2D eigenvalue weighted by molar-refractivity contribution is -0.160. The molecule has 34 heavy (non-hydrogen) atoms. The summed E-state index contributed by atoms with van der Waals surface area (Å²) in [5.41, 5.74) is 4.34. The van der Waals surface area contributed by atoms with Crippen LogP contribution in [0.5, 0.6) is 0 Å². The van der Waals surface area contributed by atoms with Crippen LogP contribution >= 0.6 is 0 Å². The highest BCUT2D eigenvalue weighted by Crippen LogP contribution is 2.43. The highest BCUT2D eigenvalue weighted by Gasteiger charge is 2.49. The largest absolute Gasteiger partial charge is 0.465 e. The number of benzene rings is 2. The quantitative estimate of drug-likeness (QED) is 0.610. The third kappa shape index (κ3) is 3.14. The van der Waals surface area contributed by atoms with Crippen LogP contribution in [0.3, 0.4) is 0 Å². The van der Waals surface area contributed by atoms with E-state index >= 15 is 0 Å². The van der Waals surface area contributed by atoms with Crippen molar-refractivity contribution < 1.29 is 19.1 Å². The van der Waals surface area contributed by atoms with Gasteiger partial charge in [0.05, 0.1) is 18.7 Å². The summed E-state index contributed by atoms with van der Waals surface area (Å²) in [6.07, 6.45) is 4.67. The summed E-state index contributed by atoms with van der Waals surface area (Å²) in [7, 11) is 1.35. The molecule has 0 bridgehead atoms. The van der Waals surface area contributed by atoms with Gasteiger partial charge in [-0.15, -0.1) is 0 Å². The minimum atomic E-state index is -0.529. The molecule has 0 spiro atoms. The van der Waals surface area contributed by atoms with E-state index in [0.717, 1.165) is 53.4 Å². The highest BCUT2D eigenvalue weighted by atomic mass is 16.5. The van der Waals surface area contributed by atoms with Gasteiger partial charge < -0.3 is 19.5 Å². The lowest BCUT2D eigenvalue weighted by Gasteiger charge is -2.48. The molecule has 1 N–H and O–H groups in total. The molecule has 1 aromatic heterocycles. The maximum Gasteiger partial charge on any atom is 0.337 e. The number of piperazine rings is 1. The second-order valence-corrected chi connectivity index (χ2v) is 9.50. The molecule has 3 aliphatic rings. The summed E-state index contributed by atoms with van der Waals surface area (Å²) in [5.74, 6) is -0.378. The van der Waals surface area contributed by atoms with Crippen LogP contribution in [0.2, 0.25) is 0 Å². The van der Waals surface area contributed by atoms with Crippen molar-refractivity contribution in [2.24, 2.45) is 0 Å². The van der Waals surface area contributed by atoms with Gasteiger partial charge in [0.15, 0.2) is 0 Å². The molecule has 3 aromatic rings. The number of nitrogens with zero attached hydrogens (tertiary/aromatic N) is 2. The van der Waals surface area contributed by atoms with Gasteiger partial charge in [0, 0.05) is 29.1 Å². The summed E-state index contributed by atoms with van der Waals surface area (Å²) >= 11 is 0. The first kappa shape index (κ1) is 21.0. The van der Waals surface area contributed by atoms with Gasteiger partial charge in [-0.1, -0.05) is 43.2 Å². The predicted octanol–water partition coefficient (Wildman–Crippen LogP) is 3.58. The topological polar surface area (TPSA) is 82.7 Å². The number of ether oxygens (including phenoxy) is 1. The summed E-state index contributed by atoms with van der Waals surface area (Å²) in [6.45, 7) is 0.131. The van der Waals surface area contributed by atoms with Crippen molar-refractivity contribution in [1.29, 1.82) is 0 Å². The van der Waals surface area contributed by atoms with Crippen LogP contribution in [0.4, 0.5) is 0 Å². The molecule has 3 heterocycles. The number of para-hydroxylation sites is 1. The van der Waals surface area contributed by atoms with Crippen molar-refractivity contribution in [3.8, 4) is 0 Å². The fourth-order valence-corrected chi connectivity index (χ4v) is 6.08. The van der Waals surface area contributed by atoms with E-state index in [1.807, 2.05) is 35.2 Å².